The van der Waals surface area contributed by atoms with Crippen molar-refractivity contribution in [2.24, 2.45) is 11.3 Å². The van der Waals surface area contributed by atoms with Crippen molar-refractivity contribution in [3.05, 3.63) is 0 Å². The molecule has 0 aromatic heterocycles. The lowest BCUT2D eigenvalue weighted by Gasteiger charge is -2.42. The highest BCUT2D eigenvalue weighted by molar-refractivity contribution is 5.70. The second-order valence-corrected chi connectivity index (χ2v) is 5.19. The molecule has 1 N–H and O–H groups in total. The van der Waals surface area contributed by atoms with Crippen LogP contribution in [-0.2, 0) is 4.79 Å². The molecule has 2 aliphatic rings. The van der Waals surface area contributed by atoms with Gasteiger partial charge in [-0.1, -0.05) is 25.7 Å². The minimum atomic E-state index is -0.561. The van der Waals surface area contributed by atoms with Gasteiger partial charge < -0.3 is 5.11 Å². The van der Waals surface area contributed by atoms with Gasteiger partial charge in [-0.3, -0.25) is 4.79 Å². The molecule has 2 aliphatic carbocycles. The Morgan fingerprint density at radius 2 is 1.71 bits per heavy atom. The van der Waals surface area contributed by atoms with Crippen LogP contribution in [0.15, 0.2) is 0 Å². The summed E-state index contributed by atoms with van der Waals surface area (Å²) in [5.41, 5.74) is 0.430. The third-order valence-corrected chi connectivity index (χ3v) is 4.20. The highest BCUT2D eigenvalue weighted by Crippen LogP contribution is 2.49. The molecule has 0 aliphatic heterocycles. The predicted octanol–water partition coefficient (Wildman–Crippen LogP) is 3.21. The second kappa shape index (κ2) is 3.92. The van der Waals surface area contributed by atoms with E-state index in [9.17, 15) is 4.79 Å². The van der Waals surface area contributed by atoms with Crippen molar-refractivity contribution in [3.63, 3.8) is 0 Å². The van der Waals surface area contributed by atoms with E-state index in [4.69, 9.17) is 5.11 Å². The molecule has 14 heavy (non-hydrogen) atoms. The van der Waals surface area contributed by atoms with E-state index in [1.54, 1.807) is 0 Å². The molecule has 1 unspecified atom stereocenters. The molecule has 2 saturated carbocycles. The van der Waals surface area contributed by atoms with Gasteiger partial charge in [-0.2, -0.15) is 0 Å². The summed E-state index contributed by atoms with van der Waals surface area (Å²) in [5.74, 6) is -0.600. The van der Waals surface area contributed by atoms with Crippen molar-refractivity contribution < 1.29 is 9.90 Å². The molecule has 0 aromatic rings. The van der Waals surface area contributed by atoms with Crippen LogP contribution in [0.2, 0.25) is 0 Å². The smallest absolute Gasteiger partial charge is 0.306 e. The number of rotatable bonds is 1. The van der Waals surface area contributed by atoms with E-state index in [0.717, 1.165) is 19.3 Å². The van der Waals surface area contributed by atoms with E-state index in [0.29, 0.717) is 5.41 Å². The Hall–Kier alpha value is -0.530. The zero-order chi connectivity index (χ0) is 10.0. The fraction of sp³-hybridized carbons (Fsp3) is 0.917. The van der Waals surface area contributed by atoms with Crippen molar-refractivity contribution >= 4 is 5.97 Å². The minimum Gasteiger partial charge on any atom is -0.481 e. The van der Waals surface area contributed by atoms with Gasteiger partial charge >= 0.3 is 5.97 Å². The maximum atomic E-state index is 11.0. The van der Waals surface area contributed by atoms with Crippen LogP contribution in [0.25, 0.3) is 0 Å². The first-order valence-corrected chi connectivity index (χ1v) is 5.95. The molecule has 1 spiro atoms. The average Bonchev–Trinajstić information content (AvgIpc) is 2.19. The first-order chi connectivity index (χ1) is 6.72. The summed E-state index contributed by atoms with van der Waals surface area (Å²) in [6.45, 7) is 0. The molecule has 2 nitrogen and oxygen atoms in total. The van der Waals surface area contributed by atoms with Crippen molar-refractivity contribution in [1.82, 2.24) is 0 Å². The number of hydrogen-bond acceptors (Lipinski definition) is 1. The van der Waals surface area contributed by atoms with Gasteiger partial charge in [0.2, 0.25) is 0 Å². The van der Waals surface area contributed by atoms with Gasteiger partial charge in [0.15, 0.2) is 0 Å². The zero-order valence-corrected chi connectivity index (χ0v) is 8.80. The third kappa shape index (κ3) is 1.94. The largest absolute Gasteiger partial charge is 0.481 e. The van der Waals surface area contributed by atoms with Crippen LogP contribution >= 0.6 is 0 Å². The maximum Gasteiger partial charge on any atom is 0.306 e. The first kappa shape index (κ1) is 10.0. The van der Waals surface area contributed by atoms with Crippen LogP contribution in [0.1, 0.15) is 57.8 Å². The van der Waals surface area contributed by atoms with Gasteiger partial charge in [0.05, 0.1) is 5.92 Å². The summed E-state index contributed by atoms with van der Waals surface area (Å²) in [4.78, 5) is 11.0. The molecule has 80 valence electrons. The van der Waals surface area contributed by atoms with Crippen molar-refractivity contribution in [1.29, 1.82) is 0 Å². The molecule has 0 amide bonds. The fourth-order valence-corrected chi connectivity index (χ4v) is 3.42. The normalized spacial score (nSPS) is 31.6. The van der Waals surface area contributed by atoms with E-state index in [2.05, 4.69) is 0 Å². The van der Waals surface area contributed by atoms with Crippen molar-refractivity contribution in [2.45, 2.75) is 57.8 Å². The van der Waals surface area contributed by atoms with Gasteiger partial charge in [0, 0.05) is 0 Å². The number of carbonyl (C=O) groups is 1. The van der Waals surface area contributed by atoms with Crippen molar-refractivity contribution in [3.8, 4) is 0 Å². The summed E-state index contributed by atoms with van der Waals surface area (Å²) < 4.78 is 0. The summed E-state index contributed by atoms with van der Waals surface area (Å²) in [6, 6.07) is 0. The quantitative estimate of drug-likeness (QED) is 0.699. The third-order valence-electron chi connectivity index (χ3n) is 4.20. The summed E-state index contributed by atoms with van der Waals surface area (Å²) in [6.07, 6.45) is 10.9. The van der Waals surface area contributed by atoms with E-state index >= 15 is 0 Å². The first-order valence-electron chi connectivity index (χ1n) is 5.95. The van der Waals surface area contributed by atoms with Gasteiger partial charge in [-0.05, 0) is 37.5 Å². The topological polar surface area (TPSA) is 37.3 Å². The monoisotopic (exact) mass is 196 g/mol. The Morgan fingerprint density at radius 1 is 1.07 bits per heavy atom. The minimum absolute atomic E-state index is 0.0400. The highest BCUT2D eigenvalue weighted by atomic mass is 16.4. The second-order valence-electron chi connectivity index (χ2n) is 5.19. The van der Waals surface area contributed by atoms with Gasteiger partial charge in [-0.15, -0.1) is 0 Å². The lowest BCUT2D eigenvalue weighted by molar-refractivity contribution is -0.144. The van der Waals surface area contributed by atoms with E-state index < -0.39 is 5.97 Å². The molecular weight excluding hydrogens is 176 g/mol. The van der Waals surface area contributed by atoms with Gasteiger partial charge in [-0.25, -0.2) is 0 Å². The highest BCUT2D eigenvalue weighted by Gasteiger charge is 2.39. The van der Waals surface area contributed by atoms with Gasteiger partial charge in [0.25, 0.3) is 0 Å². The van der Waals surface area contributed by atoms with Crippen LogP contribution in [0.4, 0.5) is 0 Å². The molecule has 2 heteroatoms. The Morgan fingerprint density at radius 3 is 2.36 bits per heavy atom. The van der Waals surface area contributed by atoms with E-state index in [1.165, 1.54) is 38.5 Å². The molecule has 0 bridgehead atoms. The lowest BCUT2D eigenvalue weighted by atomic mass is 9.62. The van der Waals surface area contributed by atoms with Crippen LogP contribution in [0.5, 0.6) is 0 Å². The Labute approximate surface area is 85.7 Å². The summed E-state index contributed by atoms with van der Waals surface area (Å²) >= 11 is 0. The average molecular weight is 196 g/mol. The summed E-state index contributed by atoms with van der Waals surface area (Å²) in [5, 5.41) is 9.05. The van der Waals surface area contributed by atoms with E-state index in [-0.39, 0.29) is 5.92 Å². The van der Waals surface area contributed by atoms with Crippen LogP contribution in [0.3, 0.4) is 0 Å². The van der Waals surface area contributed by atoms with Crippen LogP contribution in [-0.4, -0.2) is 11.1 Å². The molecule has 1 atom stereocenters. The SMILES string of the molecule is O=C(O)C1CCCC2(CCCCC2)C1. The zero-order valence-electron chi connectivity index (χ0n) is 8.80. The number of hydrogen-bond donors (Lipinski definition) is 1. The molecule has 0 radical (unpaired) electrons. The van der Waals surface area contributed by atoms with Crippen LogP contribution < -0.4 is 0 Å². The Balaban J connectivity index is 2.01. The molecule has 2 fully saturated rings. The molecule has 0 aromatic carbocycles. The Kier molecular flexibility index (Phi) is 2.80. The maximum absolute atomic E-state index is 11.0. The van der Waals surface area contributed by atoms with Crippen molar-refractivity contribution in [2.75, 3.05) is 0 Å². The van der Waals surface area contributed by atoms with Gasteiger partial charge in [0.1, 0.15) is 0 Å². The summed E-state index contributed by atoms with van der Waals surface area (Å²) in [7, 11) is 0. The van der Waals surface area contributed by atoms with E-state index in [1.807, 2.05) is 0 Å². The molecular formula is C12H20O2. The fourth-order valence-electron chi connectivity index (χ4n) is 3.42. The Bertz CT molecular complexity index is 211. The number of aliphatic carboxylic acids is 1. The number of carboxylic acid groups (broad SMARTS) is 1. The lowest BCUT2D eigenvalue weighted by Crippen LogP contribution is -2.33. The molecule has 0 heterocycles. The predicted molar refractivity (Wildman–Crippen MR) is 55.1 cm³/mol. The molecule has 0 saturated heterocycles. The molecule has 2 rings (SSSR count). The van der Waals surface area contributed by atoms with Crippen LogP contribution in [0, 0.1) is 11.3 Å². The number of carboxylic acids is 1. The standard InChI is InChI=1S/C12H20O2/c13-11(14)10-5-4-8-12(9-10)6-2-1-3-7-12/h10H,1-9H2,(H,13,14).